The number of phenolic OH excluding ortho intramolecular Hbond substituents is 2. The molecule has 0 spiro atoms. The van der Waals surface area contributed by atoms with E-state index < -0.39 is 0 Å². The zero-order valence-corrected chi connectivity index (χ0v) is 7.15. The third-order valence-electron chi connectivity index (χ3n) is 2.08. The number of benzene rings is 1. The molecule has 0 aliphatic carbocycles. The van der Waals surface area contributed by atoms with E-state index >= 15 is 0 Å². The van der Waals surface area contributed by atoms with E-state index in [0.29, 0.717) is 10.9 Å². The van der Waals surface area contributed by atoms with Gasteiger partial charge in [-0.2, -0.15) is 0 Å². The molecule has 0 amide bonds. The van der Waals surface area contributed by atoms with Crippen molar-refractivity contribution in [3.05, 3.63) is 30.1 Å². The van der Waals surface area contributed by atoms with Crippen LogP contribution in [0, 0.1) is 6.92 Å². The molecule has 0 fully saturated rings. The Hall–Kier alpha value is -1.77. The number of pyridine rings is 1. The fourth-order valence-electron chi connectivity index (χ4n) is 1.34. The molecule has 1 heterocycles. The van der Waals surface area contributed by atoms with E-state index in [9.17, 15) is 10.2 Å². The van der Waals surface area contributed by atoms with Crippen LogP contribution in [-0.4, -0.2) is 15.2 Å². The molecule has 0 saturated carbocycles. The molecule has 13 heavy (non-hydrogen) atoms. The number of aromatic hydroxyl groups is 2. The summed E-state index contributed by atoms with van der Waals surface area (Å²) in [5.41, 5.74) is 0.663. The molecule has 0 bridgehead atoms. The Morgan fingerprint density at radius 3 is 2.77 bits per heavy atom. The second-order valence-electron chi connectivity index (χ2n) is 2.99. The van der Waals surface area contributed by atoms with Crippen molar-refractivity contribution in [3.63, 3.8) is 0 Å². The maximum absolute atomic E-state index is 9.55. The van der Waals surface area contributed by atoms with E-state index in [4.69, 9.17) is 0 Å². The summed E-state index contributed by atoms with van der Waals surface area (Å²) in [6.07, 6.45) is 3.18. The molecule has 1 aromatic heterocycles. The molecule has 3 nitrogen and oxygen atoms in total. The number of rotatable bonds is 0. The van der Waals surface area contributed by atoms with Crippen molar-refractivity contribution >= 4 is 10.8 Å². The number of nitrogens with zero attached hydrogens (tertiary/aromatic N) is 1. The summed E-state index contributed by atoms with van der Waals surface area (Å²) in [6, 6.07) is 3.60. The molecular formula is C10H9NO2. The van der Waals surface area contributed by atoms with Crippen molar-refractivity contribution in [2.75, 3.05) is 0 Å². The first-order chi connectivity index (χ1) is 6.20. The lowest BCUT2D eigenvalue weighted by Gasteiger charge is -2.05. The molecule has 3 heteroatoms. The van der Waals surface area contributed by atoms with Gasteiger partial charge in [0.1, 0.15) is 0 Å². The zero-order chi connectivity index (χ0) is 9.42. The molecular weight excluding hydrogens is 166 g/mol. The van der Waals surface area contributed by atoms with Gasteiger partial charge in [-0.1, -0.05) is 0 Å². The minimum absolute atomic E-state index is 0.0690. The summed E-state index contributed by atoms with van der Waals surface area (Å²) in [7, 11) is 0. The fourth-order valence-corrected chi connectivity index (χ4v) is 1.34. The van der Waals surface area contributed by atoms with E-state index in [2.05, 4.69) is 4.98 Å². The minimum Gasteiger partial charge on any atom is -0.504 e. The topological polar surface area (TPSA) is 53.4 Å². The lowest BCUT2D eigenvalue weighted by Crippen LogP contribution is -1.81. The van der Waals surface area contributed by atoms with E-state index in [1.54, 1.807) is 19.2 Å². The molecule has 0 unspecified atom stereocenters. The van der Waals surface area contributed by atoms with Crippen LogP contribution in [-0.2, 0) is 0 Å². The quantitative estimate of drug-likeness (QED) is 0.602. The highest BCUT2D eigenvalue weighted by Gasteiger charge is 2.07. The highest BCUT2D eigenvalue weighted by Crippen LogP contribution is 2.35. The van der Waals surface area contributed by atoms with Crippen LogP contribution in [0.4, 0.5) is 0 Å². The summed E-state index contributed by atoms with van der Waals surface area (Å²) in [5.74, 6) is -0.163. The predicted molar refractivity (Wildman–Crippen MR) is 49.8 cm³/mol. The van der Waals surface area contributed by atoms with Crippen LogP contribution in [0.15, 0.2) is 24.5 Å². The summed E-state index contributed by atoms with van der Waals surface area (Å²) in [4.78, 5) is 3.87. The van der Waals surface area contributed by atoms with Crippen molar-refractivity contribution in [1.29, 1.82) is 0 Å². The van der Waals surface area contributed by atoms with Crippen molar-refractivity contribution in [2.45, 2.75) is 6.92 Å². The molecule has 0 atom stereocenters. The zero-order valence-electron chi connectivity index (χ0n) is 7.15. The van der Waals surface area contributed by atoms with Gasteiger partial charge in [-0.05, 0) is 30.0 Å². The molecule has 2 rings (SSSR count). The van der Waals surface area contributed by atoms with Gasteiger partial charge in [0, 0.05) is 17.8 Å². The number of aryl methyl sites for hydroxylation is 1. The van der Waals surface area contributed by atoms with Crippen LogP contribution in [0.5, 0.6) is 11.5 Å². The standard InChI is InChI=1S/C10H9NO2/c1-6-4-7-2-3-11-5-8(7)10(13)9(6)12/h2-5,12-13H,1H3. The Morgan fingerprint density at radius 1 is 1.23 bits per heavy atom. The van der Waals surface area contributed by atoms with Gasteiger partial charge in [0.15, 0.2) is 11.5 Å². The largest absolute Gasteiger partial charge is 0.504 e. The van der Waals surface area contributed by atoms with E-state index in [-0.39, 0.29) is 11.5 Å². The first-order valence-electron chi connectivity index (χ1n) is 3.95. The second-order valence-corrected chi connectivity index (χ2v) is 2.99. The van der Waals surface area contributed by atoms with Gasteiger partial charge in [0.2, 0.25) is 0 Å². The summed E-state index contributed by atoms with van der Waals surface area (Å²) in [6.45, 7) is 1.74. The number of hydrogen-bond acceptors (Lipinski definition) is 3. The Labute approximate surface area is 75.3 Å². The van der Waals surface area contributed by atoms with Crippen molar-refractivity contribution in [2.24, 2.45) is 0 Å². The van der Waals surface area contributed by atoms with Crippen LogP contribution >= 0.6 is 0 Å². The smallest absolute Gasteiger partial charge is 0.167 e. The number of hydrogen-bond donors (Lipinski definition) is 2. The highest BCUT2D eigenvalue weighted by atomic mass is 16.3. The maximum atomic E-state index is 9.55. The third-order valence-corrected chi connectivity index (χ3v) is 2.08. The molecule has 0 aliphatic rings. The Kier molecular flexibility index (Phi) is 1.59. The molecule has 0 aliphatic heterocycles. The fraction of sp³-hybridized carbons (Fsp3) is 0.100. The molecule has 0 radical (unpaired) electrons. The highest BCUT2D eigenvalue weighted by molar-refractivity contribution is 5.90. The molecule has 2 aromatic rings. The Balaban J connectivity index is 2.94. The number of aromatic nitrogens is 1. The number of fused-ring (bicyclic) bond motifs is 1. The van der Waals surface area contributed by atoms with Crippen LogP contribution in [0.1, 0.15) is 5.56 Å². The van der Waals surface area contributed by atoms with E-state index in [1.807, 2.05) is 6.07 Å². The molecule has 2 N–H and O–H groups in total. The Morgan fingerprint density at radius 2 is 2.00 bits per heavy atom. The molecule has 1 aromatic carbocycles. The van der Waals surface area contributed by atoms with Gasteiger partial charge in [0.25, 0.3) is 0 Å². The molecule has 66 valence electrons. The summed E-state index contributed by atoms with van der Waals surface area (Å²) in [5, 5.41) is 20.4. The van der Waals surface area contributed by atoms with E-state index in [1.165, 1.54) is 6.20 Å². The average Bonchev–Trinajstić information content (AvgIpc) is 2.15. The van der Waals surface area contributed by atoms with Crippen molar-refractivity contribution in [3.8, 4) is 11.5 Å². The minimum atomic E-state index is -0.0944. The lowest BCUT2D eigenvalue weighted by molar-refractivity contribution is 0.405. The van der Waals surface area contributed by atoms with Crippen LogP contribution < -0.4 is 0 Å². The summed E-state index contributed by atoms with van der Waals surface area (Å²) >= 11 is 0. The van der Waals surface area contributed by atoms with Gasteiger partial charge < -0.3 is 10.2 Å². The van der Waals surface area contributed by atoms with Gasteiger partial charge in [-0.15, -0.1) is 0 Å². The van der Waals surface area contributed by atoms with Crippen molar-refractivity contribution < 1.29 is 10.2 Å². The monoisotopic (exact) mass is 175 g/mol. The van der Waals surface area contributed by atoms with Crippen LogP contribution in [0.25, 0.3) is 10.8 Å². The Bertz CT molecular complexity index is 466. The first-order valence-corrected chi connectivity index (χ1v) is 3.95. The van der Waals surface area contributed by atoms with E-state index in [0.717, 1.165) is 5.39 Å². The normalized spacial score (nSPS) is 10.5. The number of phenols is 2. The van der Waals surface area contributed by atoms with Gasteiger partial charge in [0.05, 0.1) is 0 Å². The van der Waals surface area contributed by atoms with Gasteiger partial charge >= 0.3 is 0 Å². The average molecular weight is 175 g/mol. The SMILES string of the molecule is Cc1cc2ccncc2c(O)c1O. The van der Waals surface area contributed by atoms with Gasteiger partial charge in [-0.3, -0.25) is 4.98 Å². The summed E-state index contributed by atoms with van der Waals surface area (Å²) < 4.78 is 0. The third kappa shape index (κ3) is 1.09. The molecule has 0 saturated heterocycles. The van der Waals surface area contributed by atoms with Crippen molar-refractivity contribution in [1.82, 2.24) is 4.98 Å². The maximum Gasteiger partial charge on any atom is 0.167 e. The lowest BCUT2D eigenvalue weighted by atomic mass is 10.1. The van der Waals surface area contributed by atoms with Crippen LogP contribution in [0.2, 0.25) is 0 Å². The predicted octanol–water partition coefficient (Wildman–Crippen LogP) is 1.95. The van der Waals surface area contributed by atoms with Crippen LogP contribution in [0.3, 0.4) is 0 Å². The first kappa shape index (κ1) is 7.86. The van der Waals surface area contributed by atoms with Gasteiger partial charge in [-0.25, -0.2) is 0 Å². The second kappa shape index (κ2) is 2.62.